The summed E-state index contributed by atoms with van der Waals surface area (Å²) in [6, 6.07) is 7.10. The van der Waals surface area contributed by atoms with Crippen molar-refractivity contribution >= 4 is 11.6 Å². The second kappa shape index (κ2) is 6.04. The number of aliphatic hydroxyl groups is 1. The summed E-state index contributed by atoms with van der Waals surface area (Å²) in [5.74, 6) is 5.18. The SMILES string of the molecule is Cc1ccc(NC(=O)c2ccn(C)n2)cc1C#CCO. The van der Waals surface area contributed by atoms with Crippen molar-refractivity contribution in [3.63, 3.8) is 0 Å². The molecule has 0 aliphatic carbocycles. The largest absolute Gasteiger partial charge is 0.384 e. The lowest BCUT2D eigenvalue weighted by molar-refractivity contribution is 0.102. The summed E-state index contributed by atoms with van der Waals surface area (Å²) in [5, 5.41) is 15.5. The molecule has 20 heavy (non-hydrogen) atoms. The van der Waals surface area contributed by atoms with E-state index >= 15 is 0 Å². The van der Waals surface area contributed by atoms with Crippen molar-refractivity contribution in [2.75, 3.05) is 11.9 Å². The Hall–Kier alpha value is -2.58. The molecule has 1 aromatic carbocycles. The van der Waals surface area contributed by atoms with Crippen molar-refractivity contribution < 1.29 is 9.90 Å². The van der Waals surface area contributed by atoms with Crippen molar-refractivity contribution in [3.05, 3.63) is 47.3 Å². The van der Waals surface area contributed by atoms with Crippen molar-refractivity contribution in [1.29, 1.82) is 0 Å². The lowest BCUT2D eigenvalue weighted by Crippen LogP contribution is -2.13. The molecule has 0 fully saturated rings. The number of rotatable bonds is 2. The summed E-state index contributed by atoms with van der Waals surface area (Å²) in [7, 11) is 1.76. The molecule has 0 saturated carbocycles. The van der Waals surface area contributed by atoms with Crippen LogP contribution in [0.4, 0.5) is 5.69 Å². The van der Waals surface area contributed by atoms with E-state index in [9.17, 15) is 4.79 Å². The summed E-state index contributed by atoms with van der Waals surface area (Å²) in [5.41, 5.74) is 2.77. The number of hydrogen-bond acceptors (Lipinski definition) is 3. The molecule has 0 aliphatic heterocycles. The van der Waals surface area contributed by atoms with Crippen molar-refractivity contribution in [1.82, 2.24) is 9.78 Å². The minimum Gasteiger partial charge on any atom is -0.384 e. The number of carbonyl (C=O) groups is 1. The highest BCUT2D eigenvalue weighted by molar-refractivity contribution is 6.02. The lowest BCUT2D eigenvalue weighted by Gasteiger charge is -2.05. The highest BCUT2D eigenvalue weighted by Crippen LogP contribution is 2.15. The number of amides is 1. The Balaban J connectivity index is 2.19. The Morgan fingerprint density at radius 2 is 2.25 bits per heavy atom. The second-order valence-electron chi connectivity index (χ2n) is 4.32. The first kappa shape index (κ1) is 13.8. The van der Waals surface area contributed by atoms with E-state index in [-0.39, 0.29) is 12.5 Å². The molecular formula is C15H15N3O2. The van der Waals surface area contributed by atoms with Gasteiger partial charge in [0.05, 0.1) is 0 Å². The van der Waals surface area contributed by atoms with E-state index < -0.39 is 0 Å². The van der Waals surface area contributed by atoms with Crippen LogP contribution in [0.3, 0.4) is 0 Å². The number of nitrogens with zero attached hydrogens (tertiary/aromatic N) is 2. The van der Waals surface area contributed by atoms with Crippen LogP contribution in [0.5, 0.6) is 0 Å². The summed E-state index contributed by atoms with van der Waals surface area (Å²) in [6.07, 6.45) is 1.71. The fourth-order valence-electron chi connectivity index (χ4n) is 1.70. The average molecular weight is 269 g/mol. The molecule has 0 atom stereocenters. The zero-order chi connectivity index (χ0) is 14.5. The van der Waals surface area contributed by atoms with Crippen LogP contribution in [0.25, 0.3) is 0 Å². The third-order valence-electron chi connectivity index (χ3n) is 2.74. The third kappa shape index (κ3) is 3.25. The van der Waals surface area contributed by atoms with Gasteiger partial charge in [0.15, 0.2) is 5.69 Å². The van der Waals surface area contributed by atoms with Gasteiger partial charge >= 0.3 is 0 Å². The smallest absolute Gasteiger partial charge is 0.276 e. The van der Waals surface area contributed by atoms with Crippen LogP contribution in [0.15, 0.2) is 30.5 Å². The van der Waals surface area contributed by atoms with Crippen LogP contribution in [-0.4, -0.2) is 27.4 Å². The van der Waals surface area contributed by atoms with Gasteiger partial charge in [0, 0.05) is 24.5 Å². The predicted molar refractivity (Wildman–Crippen MR) is 76.3 cm³/mol. The summed E-state index contributed by atoms with van der Waals surface area (Å²) in [6.45, 7) is 1.73. The quantitative estimate of drug-likeness (QED) is 0.808. The molecular weight excluding hydrogens is 254 g/mol. The van der Waals surface area contributed by atoms with Gasteiger partial charge in [-0.25, -0.2) is 0 Å². The van der Waals surface area contributed by atoms with Gasteiger partial charge in [-0.2, -0.15) is 5.10 Å². The Bertz CT molecular complexity index is 693. The van der Waals surface area contributed by atoms with Crippen LogP contribution in [0.1, 0.15) is 21.6 Å². The van der Waals surface area contributed by atoms with E-state index in [1.807, 2.05) is 13.0 Å². The number of hydrogen-bond donors (Lipinski definition) is 2. The monoisotopic (exact) mass is 269 g/mol. The maximum absolute atomic E-state index is 12.0. The van der Waals surface area contributed by atoms with E-state index in [0.717, 1.165) is 11.1 Å². The standard InChI is InChI=1S/C15H15N3O2/c1-11-5-6-13(10-12(11)4-3-9-19)16-15(20)14-7-8-18(2)17-14/h5-8,10,19H,9H2,1-2H3,(H,16,20). The van der Waals surface area contributed by atoms with E-state index in [1.54, 1.807) is 36.1 Å². The van der Waals surface area contributed by atoms with Crippen molar-refractivity contribution in [2.45, 2.75) is 6.92 Å². The number of benzene rings is 1. The Labute approximate surface area is 117 Å². The molecule has 2 aromatic rings. The zero-order valence-corrected chi connectivity index (χ0v) is 11.3. The number of nitrogens with one attached hydrogen (secondary N) is 1. The molecule has 2 rings (SSSR count). The molecule has 5 heteroatoms. The Morgan fingerprint density at radius 3 is 2.90 bits per heavy atom. The molecule has 102 valence electrons. The molecule has 2 N–H and O–H groups in total. The summed E-state index contributed by atoms with van der Waals surface area (Å²) < 4.78 is 1.57. The first-order valence-corrected chi connectivity index (χ1v) is 6.11. The van der Waals surface area contributed by atoms with E-state index in [1.165, 1.54) is 0 Å². The zero-order valence-electron chi connectivity index (χ0n) is 11.3. The summed E-state index contributed by atoms with van der Waals surface area (Å²) >= 11 is 0. The topological polar surface area (TPSA) is 67.2 Å². The highest BCUT2D eigenvalue weighted by Gasteiger charge is 2.09. The van der Waals surface area contributed by atoms with E-state index in [4.69, 9.17) is 5.11 Å². The van der Waals surface area contributed by atoms with Gasteiger partial charge in [-0.1, -0.05) is 17.9 Å². The third-order valence-corrected chi connectivity index (χ3v) is 2.74. The molecule has 1 aromatic heterocycles. The van der Waals surface area contributed by atoms with Gasteiger partial charge in [0.2, 0.25) is 0 Å². The number of anilines is 1. The Morgan fingerprint density at radius 1 is 1.45 bits per heavy atom. The molecule has 5 nitrogen and oxygen atoms in total. The Kier molecular flexibility index (Phi) is 4.18. The van der Waals surface area contributed by atoms with Gasteiger partial charge in [0.1, 0.15) is 6.61 Å². The van der Waals surface area contributed by atoms with E-state index in [2.05, 4.69) is 22.3 Å². The van der Waals surface area contributed by atoms with E-state index in [0.29, 0.717) is 11.4 Å². The number of aromatic nitrogens is 2. The predicted octanol–water partition coefficient (Wildman–Crippen LogP) is 1.32. The lowest BCUT2D eigenvalue weighted by atomic mass is 10.1. The normalized spacial score (nSPS) is 9.75. The van der Waals surface area contributed by atoms with Crippen LogP contribution < -0.4 is 5.32 Å². The minimum absolute atomic E-state index is 0.191. The second-order valence-corrected chi connectivity index (χ2v) is 4.32. The number of aliphatic hydroxyl groups excluding tert-OH is 1. The van der Waals surface area contributed by atoms with Gasteiger partial charge < -0.3 is 10.4 Å². The maximum Gasteiger partial charge on any atom is 0.276 e. The van der Waals surface area contributed by atoms with Gasteiger partial charge in [-0.15, -0.1) is 0 Å². The van der Waals surface area contributed by atoms with Crippen LogP contribution >= 0.6 is 0 Å². The molecule has 0 saturated heterocycles. The fourth-order valence-corrected chi connectivity index (χ4v) is 1.70. The molecule has 1 amide bonds. The van der Waals surface area contributed by atoms with Crippen LogP contribution in [0, 0.1) is 18.8 Å². The average Bonchev–Trinajstić information content (AvgIpc) is 2.86. The molecule has 0 aliphatic rings. The molecule has 0 radical (unpaired) electrons. The fraction of sp³-hybridized carbons (Fsp3) is 0.200. The van der Waals surface area contributed by atoms with Gasteiger partial charge in [-0.3, -0.25) is 9.48 Å². The molecule has 0 unspecified atom stereocenters. The van der Waals surface area contributed by atoms with Crippen molar-refractivity contribution in [2.24, 2.45) is 7.05 Å². The van der Waals surface area contributed by atoms with Crippen LogP contribution in [-0.2, 0) is 7.05 Å². The molecule has 0 bridgehead atoms. The minimum atomic E-state index is -0.268. The number of aryl methyl sites for hydroxylation is 2. The van der Waals surface area contributed by atoms with Crippen LogP contribution in [0.2, 0.25) is 0 Å². The summed E-state index contributed by atoms with van der Waals surface area (Å²) in [4.78, 5) is 12.0. The molecule has 0 spiro atoms. The van der Waals surface area contributed by atoms with Gasteiger partial charge in [0.25, 0.3) is 5.91 Å². The van der Waals surface area contributed by atoms with Crippen molar-refractivity contribution in [3.8, 4) is 11.8 Å². The highest BCUT2D eigenvalue weighted by atomic mass is 16.2. The maximum atomic E-state index is 12.0. The number of carbonyl (C=O) groups excluding carboxylic acids is 1. The first-order valence-electron chi connectivity index (χ1n) is 6.11. The van der Waals surface area contributed by atoms with Gasteiger partial charge in [-0.05, 0) is 30.7 Å². The molecule has 1 heterocycles. The first-order chi connectivity index (χ1) is 9.60.